The Morgan fingerprint density at radius 1 is 1.19 bits per heavy atom. The van der Waals surface area contributed by atoms with Crippen LogP contribution in [0.15, 0.2) is 0 Å². The van der Waals surface area contributed by atoms with Gasteiger partial charge in [0.2, 0.25) is 0 Å². The maximum absolute atomic E-state index is 13.0. The molecule has 31 heavy (non-hydrogen) atoms. The molecule has 6 heteroatoms. The van der Waals surface area contributed by atoms with Crippen molar-refractivity contribution in [3.63, 3.8) is 0 Å². The molecule has 1 saturated carbocycles. The van der Waals surface area contributed by atoms with Gasteiger partial charge in [0.25, 0.3) is 0 Å². The van der Waals surface area contributed by atoms with Gasteiger partial charge in [-0.1, -0.05) is 45.4 Å². The molecule has 1 aliphatic heterocycles. The van der Waals surface area contributed by atoms with Crippen LogP contribution in [0.1, 0.15) is 98.8 Å². The number of piperidine rings is 1. The molecule has 2 rings (SSSR count). The van der Waals surface area contributed by atoms with Gasteiger partial charge in [-0.15, -0.1) is 0 Å². The zero-order valence-corrected chi connectivity index (χ0v) is 20.8. The molecule has 0 unspecified atom stereocenters. The first-order valence-electron chi connectivity index (χ1n) is 12.5. The minimum Gasteiger partial charge on any atom is -0.444 e. The first-order valence-corrected chi connectivity index (χ1v) is 12.5. The summed E-state index contributed by atoms with van der Waals surface area (Å²) < 4.78 is 16.6. The summed E-state index contributed by atoms with van der Waals surface area (Å²) in [4.78, 5) is 14.9. The SMILES string of the molecule is CCC[C@H](CCCC[C@H]1CCC[C@@H]2[C@H]1C[C@@H](O)[C@@H](C)N2C(=O)OC(C)(C)C)OCOC. The molecular weight excluding hydrogens is 394 g/mol. The lowest BCUT2D eigenvalue weighted by Crippen LogP contribution is -2.61. The summed E-state index contributed by atoms with van der Waals surface area (Å²) in [6, 6.07) is -0.00698. The summed E-state index contributed by atoms with van der Waals surface area (Å²) in [7, 11) is 1.67. The van der Waals surface area contributed by atoms with E-state index in [1.54, 1.807) is 7.11 Å². The number of unbranched alkanes of at least 4 members (excludes halogenated alkanes) is 1. The molecule has 0 aromatic heterocycles. The zero-order valence-electron chi connectivity index (χ0n) is 20.8. The van der Waals surface area contributed by atoms with E-state index in [9.17, 15) is 9.90 Å². The molecule has 0 radical (unpaired) electrons. The summed E-state index contributed by atoms with van der Waals surface area (Å²) in [6.45, 7) is 10.2. The summed E-state index contributed by atoms with van der Waals surface area (Å²) in [5, 5.41) is 10.8. The Bertz CT molecular complexity index is 534. The van der Waals surface area contributed by atoms with Gasteiger partial charge in [-0.25, -0.2) is 4.79 Å². The second-order valence-corrected chi connectivity index (χ2v) is 10.6. The van der Waals surface area contributed by atoms with Gasteiger partial charge < -0.3 is 19.3 Å². The van der Waals surface area contributed by atoms with Crippen molar-refractivity contribution in [1.82, 2.24) is 4.90 Å². The second-order valence-electron chi connectivity index (χ2n) is 10.6. The number of carbonyl (C=O) groups excluding carboxylic acids is 1. The highest BCUT2D eigenvalue weighted by molar-refractivity contribution is 5.69. The van der Waals surface area contributed by atoms with Crippen LogP contribution in [0.2, 0.25) is 0 Å². The Labute approximate surface area is 190 Å². The summed E-state index contributed by atoms with van der Waals surface area (Å²) >= 11 is 0. The normalized spacial score (nSPS) is 30.0. The number of rotatable bonds is 10. The molecule has 1 amide bonds. The standard InChI is InChI=1S/C25H47NO5/c1-7-11-20(30-17-29-6)14-9-8-12-19-13-10-15-22-21(19)16-23(27)18(2)26(22)24(28)31-25(3,4)5/h18-23,27H,7-17H2,1-6H3/t18-,19+,20-,21+,22-,23-/m1/s1. The fourth-order valence-corrected chi connectivity index (χ4v) is 5.54. The number of aliphatic hydroxyl groups excluding tert-OH is 1. The molecular formula is C25H47NO5. The number of fused-ring (bicyclic) bond motifs is 1. The fourth-order valence-electron chi connectivity index (χ4n) is 5.54. The van der Waals surface area contributed by atoms with Crippen LogP contribution in [0.25, 0.3) is 0 Å². The van der Waals surface area contributed by atoms with Crippen LogP contribution in [-0.4, -0.2) is 59.9 Å². The number of methoxy groups -OCH3 is 1. The van der Waals surface area contributed by atoms with Crippen molar-refractivity contribution < 1.29 is 24.1 Å². The smallest absolute Gasteiger partial charge is 0.410 e. The fraction of sp³-hybridized carbons (Fsp3) is 0.960. The molecule has 6 nitrogen and oxygen atoms in total. The lowest BCUT2D eigenvalue weighted by Gasteiger charge is -2.52. The second kappa shape index (κ2) is 12.4. The Morgan fingerprint density at radius 2 is 1.94 bits per heavy atom. The van der Waals surface area contributed by atoms with Gasteiger partial charge in [-0.3, -0.25) is 4.90 Å². The number of hydrogen-bond donors (Lipinski definition) is 1. The van der Waals surface area contributed by atoms with Crippen LogP contribution in [0.5, 0.6) is 0 Å². The van der Waals surface area contributed by atoms with E-state index in [0.29, 0.717) is 18.6 Å². The van der Waals surface area contributed by atoms with Crippen molar-refractivity contribution in [2.24, 2.45) is 11.8 Å². The van der Waals surface area contributed by atoms with Gasteiger partial charge in [0.15, 0.2) is 0 Å². The van der Waals surface area contributed by atoms with Gasteiger partial charge in [-0.05, 0) is 65.2 Å². The highest BCUT2D eigenvalue weighted by Crippen LogP contribution is 2.44. The molecule has 1 aliphatic carbocycles. The van der Waals surface area contributed by atoms with E-state index in [0.717, 1.165) is 51.4 Å². The third-order valence-corrected chi connectivity index (χ3v) is 7.03. The molecule has 1 N–H and O–H groups in total. The van der Waals surface area contributed by atoms with Crippen LogP contribution in [0.3, 0.4) is 0 Å². The van der Waals surface area contributed by atoms with E-state index in [1.165, 1.54) is 12.8 Å². The van der Waals surface area contributed by atoms with Crippen LogP contribution in [-0.2, 0) is 14.2 Å². The van der Waals surface area contributed by atoms with Gasteiger partial charge in [0.1, 0.15) is 12.4 Å². The third kappa shape index (κ3) is 7.90. The number of hydrogen-bond acceptors (Lipinski definition) is 5. The molecule has 182 valence electrons. The number of aliphatic hydroxyl groups is 1. The predicted molar refractivity (Wildman–Crippen MR) is 123 cm³/mol. The summed E-state index contributed by atoms with van der Waals surface area (Å²) in [6.07, 6.45) is 10.4. The largest absolute Gasteiger partial charge is 0.444 e. The number of carbonyl (C=O) groups is 1. The van der Waals surface area contributed by atoms with Crippen molar-refractivity contribution in [3.8, 4) is 0 Å². The average Bonchev–Trinajstić information content (AvgIpc) is 2.69. The highest BCUT2D eigenvalue weighted by atomic mass is 16.7. The van der Waals surface area contributed by atoms with E-state index < -0.39 is 11.7 Å². The minimum absolute atomic E-state index is 0.185. The van der Waals surface area contributed by atoms with Crippen molar-refractivity contribution in [3.05, 3.63) is 0 Å². The van der Waals surface area contributed by atoms with Crippen molar-refractivity contribution in [1.29, 1.82) is 0 Å². The molecule has 1 heterocycles. The molecule has 2 fully saturated rings. The van der Waals surface area contributed by atoms with Gasteiger partial charge in [0, 0.05) is 13.2 Å². The van der Waals surface area contributed by atoms with E-state index in [4.69, 9.17) is 14.2 Å². The monoisotopic (exact) mass is 441 g/mol. The summed E-state index contributed by atoms with van der Waals surface area (Å²) in [5.74, 6) is 0.930. The Kier molecular flexibility index (Phi) is 10.6. The Morgan fingerprint density at radius 3 is 2.58 bits per heavy atom. The van der Waals surface area contributed by atoms with E-state index >= 15 is 0 Å². The number of ether oxygens (including phenoxy) is 3. The lowest BCUT2D eigenvalue weighted by molar-refractivity contribution is -0.0831. The number of amides is 1. The van der Waals surface area contributed by atoms with E-state index in [1.807, 2.05) is 32.6 Å². The Balaban J connectivity index is 1.94. The molecule has 0 spiro atoms. The molecule has 6 atom stereocenters. The predicted octanol–water partition coefficient (Wildman–Crippen LogP) is 5.51. The van der Waals surface area contributed by atoms with Crippen molar-refractivity contribution >= 4 is 6.09 Å². The van der Waals surface area contributed by atoms with Gasteiger partial charge >= 0.3 is 6.09 Å². The van der Waals surface area contributed by atoms with Crippen LogP contribution >= 0.6 is 0 Å². The zero-order chi connectivity index (χ0) is 23.0. The Hall–Kier alpha value is -0.850. The summed E-state index contributed by atoms with van der Waals surface area (Å²) in [5.41, 5.74) is -0.525. The molecule has 0 aromatic carbocycles. The highest BCUT2D eigenvalue weighted by Gasteiger charge is 2.47. The quantitative estimate of drug-likeness (QED) is 0.357. The van der Waals surface area contributed by atoms with E-state index in [-0.39, 0.29) is 24.3 Å². The molecule has 1 saturated heterocycles. The third-order valence-electron chi connectivity index (χ3n) is 7.03. The lowest BCUT2D eigenvalue weighted by atomic mass is 9.68. The topological polar surface area (TPSA) is 68.2 Å². The maximum Gasteiger partial charge on any atom is 0.410 e. The van der Waals surface area contributed by atoms with Crippen LogP contribution in [0.4, 0.5) is 4.79 Å². The first-order chi connectivity index (χ1) is 14.7. The average molecular weight is 442 g/mol. The maximum atomic E-state index is 13.0. The minimum atomic E-state index is -0.525. The van der Waals surface area contributed by atoms with Crippen molar-refractivity contribution in [2.45, 2.75) is 129 Å². The van der Waals surface area contributed by atoms with Gasteiger partial charge in [-0.2, -0.15) is 0 Å². The number of likely N-dealkylation sites (tertiary alicyclic amines) is 1. The van der Waals surface area contributed by atoms with E-state index in [2.05, 4.69) is 6.92 Å². The molecule has 0 aromatic rings. The van der Waals surface area contributed by atoms with Crippen LogP contribution in [0, 0.1) is 11.8 Å². The first kappa shape index (κ1) is 26.4. The van der Waals surface area contributed by atoms with Gasteiger partial charge in [0.05, 0.1) is 18.2 Å². The number of nitrogens with zero attached hydrogens (tertiary/aromatic N) is 1. The molecule has 0 bridgehead atoms. The van der Waals surface area contributed by atoms with Crippen LogP contribution < -0.4 is 0 Å². The molecule has 2 aliphatic rings. The van der Waals surface area contributed by atoms with Crippen molar-refractivity contribution in [2.75, 3.05) is 13.9 Å².